The molecule has 0 N–H and O–H groups in total. The lowest BCUT2D eigenvalue weighted by atomic mass is 10.3. The highest BCUT2D eigenvalue weighted by Gasteiger charge is 2.06. The molecule has 1 aromatic rings. The molecule has 0 saturated heterocycles. The smallest absolute Gasteiger partial charge is 0.258 e. The molecule has 0 unspecified atom stereocenters. The minimum absolute atomic E-state index is 0.109. The van der Waals surface area contributed by atoms with E-state index in [1.165, 1.54) is 12.1 Å². The Labute approximate surface area is 85.2 Å². The van der Waals surface area contributed by atoms with Crippen molar-refractivity contribution in [2.75, 3.05) is 0 Å². The van der Waals surface area contributed by atoms with Crippen molar-refractivity contribution in [3.63, 3.8) is 0 Å². The van der Waals surface area contributed by atoms with Crippen molar-refractivity contribution in [1.29, 1.82) is 0 Å². The minimum Gasteiger partial charge on any atom is -0.258 e. The first-order valence-corrected chi connectivity index (χ1v) is 4.58. The molecule has 0 amide bonds. The molecule has 0 aliphatic rings. The Hall–Kier alpha value is -0.170. The van der Waals surface area contributed by atoms with E-state index in [4.69, 9.17) is 0 Å². The Morgan fingerprint density at radius 3 is 2.64 bits per heavy atom. The fourth-order valence-corrected chi connectivity index (χ4v) is 1.30. The largest absolute Gasteiger partial charge is 0.270 e. The molecule has 1 rings (SSSR count). The molecule has 0 aliphatic heterocycles. The van der Waals surface area contributed by atoms with Gasteiger partial charge in [-0.2, -0.15) is 0 Å². The van der Waals surface area contributed by atoms with Crippen molar-refractivity contribution in [2.45, 2.75) is 0 Å². The van der Waals surface area contributed by atoms with Crippen molar-refractivity contribution < 1.29 is 4.92 Å². The lowest BCUT2D eigenvalue weighted by Gasteiger charge is -1.94. The Kier molecular flexibility index (Phi) is 2.83. The molecule has 0 radical (unpaired) electrons. The van der Waals surface area contributed by atoms with Crippen LogP contribution in [-0.2, 0) is 0 Å². The Balaban J connectivity index is 3.15. The third-order valence-corrected chi connectivity index (χ3v) is 3.45. The molecular weight excluding hydrogens is 325 g/mol. The molecule has 0 bridgehead atoms. The van der Waals surface area contributed by atoms with Crippen molar-refractivity contribution in [2.24, 2.45) is 0 Å². The fourth-order valence-electron chi connectivity index (χ4n) is 0.599. The van der Waals surface area contributed by atoms with E-state index in [0.29, 0.717) is 0 Å². The first kappa shape index (κ1) is 8.92. The lowest BCUT2D eigenvalue weighted by Crippen LogP contribution is -1.87. The molecule has 58 valence electrons. The third-order valence-electron chi connectivity index (χ3n) is 1.11. The summed E-state index contributed by atoms with van der Waals surface area (Å²) in [5, 5.41) is 10.2. The van der Waals surface area contributed by atoms with Crippen LogP contribution < -0.4 is 0 Å². The second-order valence-electron chi connectivity index (χ2n) is 1.86. The quantitative estimate of drug-likeness (QED) is 0.452. The highest BCUT2D eigenvalue weighted by atomic mass is 127. The average molecular weight is 328 g/mol. The molecule has 0 aliphatic carbocycles. The normalized spacial score (nSPS) is 9.64. The summed E-state index contributed by atoms with van der Waals surface area (Å²) in [5.74, 6) is 0. The van der Waals surface area contributed by atoms with Gasteiger partial charge in [0.25, 0.3) is 5.69 Å². The molecular formula is C6H3BrINO2. The lowest BCUT2D eigenvalue weighted by molar-refractivity contribution is -0.384. The van der Waals surface area contributed by atoms with Crippen LogP contribution in [0.4, 0.5) is 5.69 Å². The highest BCUT2D eigenvalue weighted by Crippen LogP contribution is 2.23. The maximum atomic E-state index is 10.2. The Bertz CT molecular complexity index is 303. The van der Waals surface area contributed by atoms with Crippen molar-refractivity contribution in [3.05, 3.63) is 36.4 Å². The number of rotatable bonds is 1. The van der Waals surface area contributed by atoms with Gasteiger partial charge in [0.05, 0.1) is 4.92 Å². The predicted octanol–water partition coefficient (Wildman–Crippen LogP) is 2.96. The van der Waals surface area contributed by atoms with Gasteiger partial charge in [0.1, 0.15) is 0 Å². The van der Waals surface area contributed by atoms with Gasteiger partial charge in [-0.05, 0) is 44.6 Å². The number of hydrogen-bond donors (Lipinski definition) is 0. The van der Waals surface area contributed by atoms with Crippen molar-refractivity contribution in [1.82, 2.24) is 0 Å². The third kappa shape index (κ3) is 2.13. The van der Waals surface area contributed by atoms with E-state index in [-0.39, 0.29) is 5.69 Å². The number of nitrogens with zero attached hydrogens (tertiary/aromatic N) is 1. The van der Waals surface area contributed by atoms with Crippen LogP contribution in [0.5, 0.6) is 0 Å². The van der Waals surface area contributed by atoms with Crippen molar-refractivity contribution in [3.8, 4) is 0 Å². The zero-order chi connectivity index (χ0) is 8.43. The molecule has 0 atom stereocenters. The van der Waals surface area contributed by atoms with Crippen LogP contribution in [0, 0.1) is 13.7 Å². The van der Waals surface area contributed by atoms with E-state index >= 15 is 0 Å². The van der Waals surface area contributed by atoms with Gasteiger partial charge >= 0.3 is 0 Å². The molecule has 0 heterocycles. The van der Waals surface area contributed by atoms with Crippen molar-refractivity contribution >= 4 is 44.2 Å². The second-order valence-corrected chi connectivity index (χ2v) is 3.87. The topological polar surface area (TPSA) is 43.1 Å². The van der Waals surface area contributed by atoms with Gasteiger partial charge in [-0.25, -0.2) is 0 Å². The molecule has 5 heteroatoms. The van der Waals surface area contributed by atoms with Crippen LogP contribution >= 0.6 is 38.5 Å². The predicted molar refractivity (Wildman–Crippen MR) is 53.5 cm³/mol. The molecule has 1 aromatic carbocycles. The number of benzene rings is 1. The summed E-state index contributed by atoms with van der Waals surface area (Å²) in [5.41, 5.74) is 0.109. The van der Waals surface area contributed by atoms with Crippen LogP contribution in [0.3, 0.4) is 0 Å². The van der Waals surface area contributed by atoms with Crippen LogP contribution in [-0.4, -0.2) is 4.92 Å². The minimum atomic E-state index is -0.416. The standard InChI is InChI=1S/C6H3BrINO2/c7-5-3-4(9(10)11)1-2-6(5)8/h1-3H. The SMILES string of the molecule is O=[N+]([O-])c1ccc(I)c(Br)c1. The molecule has 3 nitrogen and oxygen atoms in total. The summed E-state index contributed by atoms with van der Waals surface area (Å²) in [7, 11) is 0. The number of nitro benzene ring substituents is 1. The summed E-state index contributed by atoms with van der Waals surface area (Å²) < 4.78 is 1.72. The first-order valence-electron chi connectivity index (χ1n) is 2.70. The number of nitro groups is 1. The van der Waals surface area contributed by atoms with E-state index in [0.717, 1.165) is 8.04 Å². The van der Waals surface area contributed by atoms with Gasteiger partial charge in [0, 0.05) is 20.2 Å². The van der Waals surface area contributed by atoms with Gasteiger partial charge in [-0.15, -0.1) is 0 Å². The molecule has 0 aromatic heterocycles. The highest BCUT2D eigenvalue weighted by molar-refractivity contribution is 14.1. The summed E-state index contributed by atoms with van der Waals surface area (Å²) in [4.78, 5) is 9.83. The van der Waals surface area contributed by atoms with E-state index in [9.17, 15) is 10.1 Å². The number of halogens is 2. The van der Waals surface area contributed by atoms with Crippen LogP contribution in [0.25, 0.3) is 0 Å². The van der Waals surface area contributed by atoms with Crippen LogP contribution in [0.1, 0.15) is 0 Å². The maximum absolute atomic E-state index is 10.2. The average Bonchev–Trinajstić information content (AvgIpc) is 1.94. The van der Waals surface area contributed by atoms with Crippen LogP contribution in [0.2, 0.25) is 0 Å². The van der Waals surface area contributed by atoms with E-state index < -0.39 is 4.92 Å². The van der Waals surface area contributed by atoms with E-state index in [1.54, 1.807) is 6.07 Å². The van der Waals surface area contributed by atoms with E-state index in [2.05, 4.69) is 38.5 Å². The fraction of sp³-hybridized carbons (Fsp3) is 0. The zero-order valence-corrected chi connectivity index (χ0v) is 9.00. The maximum Gasteiger partial charge on any atom is 0.270 e. The van der Waals surface area contributed by atoms with Gasteiger partial charge in [-0.1, -0.05) is 0 Å². The van der Waals surface area contributed by atoms with Gasteiger partial charge in [-0.3, -0.25) is 10.1 Å². The Morgan fingerprint density at radius 1 is 1.55 bits per heavy atom. The summed E-state index contributed by atoms with van der Waals surface area (Å²) in [6.07, 6.45) is 0. The summed E-state index contributed by atoms with van der Waals surface area (Å²) in [6, 6.07) is 4.66. The number of hydrogen-bond acceptors (Lipinski definition) is 2. The van der Waals surface area contributed by atoms with Gasteiger partial charge in [0.2, 0.25) is 0 Å². The molecule has 0 saturated carbocycles. The molecule has 0 fully saturated rings. The molecule has 11 heavy (non-hydrogen) atoms. The first-order chi connectivity index (χ1) is 5.11. The van der Waals surface area contributed by atoms with Gasteiger partial charge in [0.15, 0.2) is 0 Å². The monoisotopic (exact) mass is 327 g/mol. The summed E-state index contributed by atoms with van der Waals surface area (Å²) in [6.45, 7) is 0. The molecule has 0 spiro atoms. The Morgan fingerprint density at radius 2 is 2.18 bits per heavy atom. The van der Waals surface area contributed by atoms with E-state index in [1.807, 2.05) is 0 Å². The van der Waals surface area contributed by atoms with Gasteiger partial charge < -0.3 is 0 Å². The van der Waals surface area contributed by atoms with Crippen LogP contribution in [0.15, 0.2) is 22.7 Å². The zero-order valence-electron chi connectivity index (χ0n) is 5.25. The second kappa shape index (κ2) is 3.48. The number of non-ortho nitro benzene ring substituents is 1. The summed E-state index contributed by atoms with van der Waals surface area (Å²) >= 11 is 5.30.